The summed E-state index contributed by atoms with van der Waals surface area (Å²) < 4.78 is 0. The zero-order chi connectivity index (χ0) is 17.7. The lowest BCUT2D eigenvalue weighted by molar-refractivity contribution is -0.136. The summed E-state index contributed by atoms with van der Waals surface area (Å²) in [6, 6.07) is 9.71. The van der Waals surface area contributed by atoms with Gasteiger partial charge < -0.3 is 5.32 Å². The van der Waals surface area contributed by atoms with Crippen molar-refractivity contribution in [2.45, 2.75) is 6.92 Å². The van der Waals surface area contributed by atoms with Crippen LogP contribution in [0.4, 0.5) is 5.69 Å². The molecular weight excluding hydrogens is 373 g/mol. The first kappa shape index (κ1) is 18.3. The van der Waals surface area contributed by atoms with Crippen molar-refractivity contribution in [3.8, 4) is 0 Å². The van der Waals surface area contributed by atoms with E-state index in [9.17, 15) is 9.59 Å². The predicted octanol–water partition coefficient (Wildman–Crippen LogP) is 4.04. The smallest absolute Gasteiger partial charge is 0.317 e. The molecule has 0 spiro atoms. The fraction of sp³-hybridized carbons (Fsp3) is 0.0625. The molecule has 0 aliphatic carbocycles. The number of hydrazone groups is 1. The van der Waals surface area contributed by atoms with Crippen molar-refractivity contribution < 1.29 is 9.59 Å². The van der Waals surface area contributed by atoms with Crippen molar-refractivity contribution in [3.63, 3.8) is 0 Å². The Balaban J connectivity index is 1.96. The Labute approximate surface area is 153 Å². The van der Waals surface area contributed by atoms with Gasteiger partial charge in [-0.2, -0.15) is 5.10 Å². The average Bonchev–Trinajstić information content (AvgIpc) is 2.52. The summed E-state index contributed by atoms with van der Waals surface area (Å²) in [7, 11) is 0. The summed E-state index contributed by atoms with van der Waals surface area (Å²) in [6.45, 7) is 1.76. The van der Waals surface area contributed by atoms with Gasteiger partial charge in [0.2, 0.25) is 0 Å². The minimum Gasteiger partial charge on any atom is -0.317 e. The van der Waals surface area contributed by atoms with Gasteiger partial charge in [0.25, 0.3) is 0 Å². The van der Waals surface area contributed by atoms with E-state index in [-0.39, 0.29) is 0 Å². The highest BCUT2D eigenvalue weighted by molar-refractivity contribution is 6.40. The number of carbonyl (C=O) groups is 2. The number of nitrogens with zero attached hydrogens (tertiary/aromatic N) is 1. The quantitative estimate of drug-likeness (QED) is 0.476. The van der Waals surface area contributed by atoms with Crippen molar-refractivity contribution in [2.75, 3.05) is 5.32 Å². The van der Waals surface area contributed by atoms with Gasteiger partial charge >= 0.3 is 11.8 Å². The number of hydrogen-bond acceptors (Lipinski definition) is 3. The molecule has 2 N–H and O–H groups in total. The normalized spacial score (nSPS) is 10.7. The van der Waals surface area contributed by atoms with E-state index in [4.69, 9.17) is 34.8 Å². The standard InChI is InChI=1S/C16H12Cl3N3O2/c1-9-6-11(17)4-5-14(9)21-15(23)16(24)22-20-8-10-2-3-12(18)7-13(10)19/h2-8H,1H3,(H,21,23)(H,22,24). The number of benzene rings is 2. The summed E-state index contributed by atoms with van der Waals surface area (Å²) in [4.78, 5) is 23.6. The van der Waals surface area contributed by atoms with Crippen LogP contribution in [0.1, 0.15) is 11.1 Å². The van der Waals surface area contributed by atoms with E-state index in [1.807, 2.05) is 0 Å². The Morgan fingerprint density at radius 2 is 1.67 bits per heavy atom. The lowest BCUT2D eigenvalue weighted by Gasteiger charge is -2.07. The van der Waals surface area contributed by atoms with Crippen LogP contribution in [0.15, 0.2) is 41.5 Å². The summed E-state index contributed by atoms with van der Waals surface area (Å²) >= 11 is 17.6. The van der Waals surface area contributed by atoms with Crippen molar-refractivity contribution in [2.24, 2.45) is 5.10 Å². The van der Waals surface area contributed by atoms with Crippen LogP contribution in [0.5, 0.6) is 0 Å². The second-order valence-electron chi connectivity index (χ2n) is 4.78. The van der Waals surface area contributed by atoms with Gasteiger partial charge in [-0.1, -0.05) is 40.9 Å². The van der Waals surface area contributed by atoms with E-state index in [1.54, 1.807) is 43.3 Å². The van der Waals surface area contributed by atoms with Crippen LogP contribution in [0.25, 0.3) is 0 Å². The minimum atomic E-state index is -0.911. The lowest BCUT2D eigenvalue weighted by atomic mass is 10.2. The molecule has 5 nitrogen and oxygen atoms in total. The van der Waals surface area contributed by atoms with E-state index in [1.165, 1.54) is 6.21 Å². The van der Waals surface area contributed by atoms with Crippen molar-refractivity contribution in [1.29, 1.82) is 0 Å². The maximum Gasteiger partial charge on any atom is 0.329 e. The highest BCUT2D eigenvalue weighted by atomic mass is 35.5. The van der Waals surface area contributed by atoms with Gasteiger partial charge in [0.05, 0.1) is 11.2 Å². The summed E-state index contributed by atoms with van der Waals surface area (Å²) in [5.74, 6) is -1.76. The first-order valence-electron chi connectivity index (χ1n) is 6.72. The maximum atomic E-state index is 11.8. The first-order valence-corrected chi connectivity index (χ1v) is 7.86. The number of nitrogens with one attached hydrogen (secondary N) is 2. The molecule has 0 aliphatic rings. The second-order valence-corrected chi connectivity index (χ2v) is 6.06. The van der Waals surface area contributed by atoms with Crippen molar-refractivity contribution in [1.82, 2.24) is 5.43 Å². The highest BCUT2D eigenvalue weighted by Crippen LogP contribution is 2.20. The lowest BCUT2D eigenvalue weighted by Crippen LogP contribution is -2.32. The molecule has 2 aromatic rings. The number of amides is 2. The van der Waals surface area contributed by atoms with E-state index in [2.05, 4.69) is 15.8 Å². The molecular formula is C16H12Cl3N3O2. The third-order valence-corrected chi connectivity index (χ3v) is 3.77. The first-order chi connectivity index (χ1) is 11.4. The molecule has 0 bridgehead atoms. The highest BCUT2D eigenvalue weighted by Gasteiger charge is 2.14. The van der Waals surface area contributed by atoms with Crippen LogP contribution in [-0.2, 0) is 9.59 Å². The molecule has 0 heterocycles. The third-order valence-electron chi connectivity index (χ3n) is 2.98. The van der Waals surface area contributed by atoms with E-state index in [0.29, 0.717) is 26.3 Å². The number of rotatable bonds is 3. The topological polar surface area (TPSA) is 70.6 Å². The van der Waals surface area contributed by atoms with Crippen LogP contribution in [0.3, 0.4) is 0 Å². The molecule has 8 heteroatoms. The number of halogens is 3. The Bertz CT molecular complexity index is 822. The molecule has 124 valence electrons. The van der Waals surface area contributed by atoms with Crippen LogP contribution < -0.4 is 10.7 Å². The molecule has 0 aromatic heterocycles. The molecule has 0 saturated heterocycles. The Morgan fingerprint density at radius 1 is 1.00 bits per heavy atom. The number of hydrogen-bond donors (Lipinski definition) is 2. The molecule has 2 amide bonds. The Hall–Kier alpha value is -2.08. The Kier molecular flexibility index (Phi) is 6.20. The number of carbonyl (C=O) groups excluding carboxylic acids is 2. The van der Waals surface area contributed by atoms with Crippen LogP contribution in [-0.4, -0.2) is 18.0 Å². The second kappa shape index (κ2) is 8.15. The zero-order valence-electron chi connectivity index (χ0n) is 12.4. The van der Waals surface area contributed by atoms with Gasteiger partial charge in [-0.15, -0.1) is 0 Å². The molecule has 0 radical (unpaired) electrons. The SMILES string of the molecule is Cc1cc(Cl)ccc1NC(=O)C(=O)NN=Cc1ccc(Cl)cc1Cl. The molecule has 0 fully saturated rings. The van der Waals surface area contributed by atoms with Gasteiger partial charge in [-0.25, -0.2) is 5.43 Å². The van der Waals surface area contributed by atoms with Crippen LogP contribution in [0, 0.1) is 6.92 Å². The van der Waals surface area contributed by atoms with E-state index in [0.717, 1.165) is 5.56 Å². The fourth-order valence-corrected chi connectivity index (χ4v) is 2.45. The monoisotopic (exact) mass is 383 g/mol. The third kappa shape index (κ3) is 4.96. The maximum absolute atomic E-state index is 11.8. The summed E-state index contributed by atoms with van der Waals surface area (Å²) in [6.07, 6.45) is 1.32. The van der Waals surface area contributed by atoms with Gasteiger partial charge in [0, 0.05) is 21.3 Å². The van der Waals surface area contributed by atoms with Crippen molar-refractivity contribution >= 4 is 58.5 Å². The molecule has 0 aliphatic heterocycles. The molecule has 2 rings (SSSR count). The average molecular weight is 385 g/mol. The van der Waals surface area contributed by atoms with Gasteiger partial charge in [-0.3, -0.25) is 9.59 Å². The molecule has 0 saturated carbocycles. The number of anilines is 1. The van der Waals surface area contributed by atoms with Crippen LogP contribution >= 0.6 is 34.8 Å². The largest absolute Gasteiger partial charge is 0.329 e. The molecule has 24 heavy (non-hydrogen) atoms. The van der Waals surface area contributed by atoms with Crippen LogP contribution in [0.2, 0.25) is 15.1 Å². The molecule has 0 atom stereocenters. The molecule has 0 unspecified atom stereocenters. The predicted molar refractivity (Wildman–Crippen MR) is 97.0 cm³/mol. The Morgan fingerprint density at radius 3 is 2.33 bits per heavy atom. The van der Waals surface area contributed by atoms with Gasteiger partial charge in [0.15, 0.2) is 0 Å². The molecule has 2 aromatic carbocycles. The van der Waals surface area contributed by atoms with Crippen molar-refractivity contribution in [3.05, 3.63) is 62.6 Å². The zero-order valence-corrected chi connectivity index (χ0v) is 14.7. The number of aryl methyl sites for hydroxylation is 1. The van der Waals surface area contributed by atoms with E-state index < -0.39 is 11.8 Å². The fourth-order valence-electron chi connectivity index (χ4n) is 1.76. The minimum absolute atomic E-state index is 0.377. The summed E-state index contributed by atoms with van der Waals surface area (Å²) in [5, 5.41) is 7.58. The summed E-state index contributed by atoms with van der Waals surface area (Å²) in [5.41, 5.74) is 3.90. The van der Waals surface area contributed by atoms with Gasteiger partial charge in [0.1, 0.15) is 0 Å². The van der Waals surface area contributed by atoms with E-state index >= 15 is 0 Å². The van der Waals surface area contributed by atoms with Gasteiger partial charge in [-0.05, 0) is 42.8 Å².